The number of rotatable bonds is 8. The van der Waals surface area contributed by atoms with Crippen molar-refractivity contribution >= 4 is 5.97 Å². The summed E-state index contributed by atoms with van der Waals surface area (Å²) >= 11 is 0. The van der Waals surface area contributed by atoms with Crippen molar-refractivity contribution in [3.63, 3.8) is 0 Å². The molecular weight excluding hydrogens is 372 g/mol. The van der Waals surface area contributed by atoms with Crippen LogP contribution >= 0.6 is 0 Å². The average Bonchev–Trinajstić information content (AvgIpc) is 3.16. The molecule has 2 atom stereocenters. The Kier molecular flexibility index (Phi) is 6.29. The van der Waals surface area contributed by atoms with Gasteiger partial charge in [0.1, 0.15) is 11.7 Å². The third kappa shape index (κ3) is 4.03. The lowest BCUT2D eigenvalue weighted by Crippen LogP contribution is -2.37. The number of cyclic esters (lactones) is 1. The standard InChI is InChI=1S/C27H28O3/c1-2-12-21-19-26(28)30-25(21)20-29-27(22-13-6-3-7-14-22,23-15-8-4-9-16-23)24-17-10-5-11-18-24/h3-11,13-18,21,25H,2,12,19-20H2,1H3/t21-,25+/m0/s1. The zero-order chi connectivity index (χ0) is 20.8. The van der Waals surface area contributed by atoms with Crippen LogP contribution in [-0.2, 0) is 19.9 Å². The molecule has 30 heavy (non-hydrogen) atoms. The molecule has 0 amide bonds. The third-order valence-electron chi connectivity index (χ3n) is 5.90. The van der Waals surface area contributed by atoms with E-state index in [0.29, 0.717) is 13.0 Å². The summed E-state index contributed by atoms with van der Waals surface area (Å²) in [7, 11) is 0. The van der Waals surface area contributed by atoms with Gasteiger partial charge in [0.05, 0.1) is 13.0 Å². The zero-order valence-corrected chi connectivity index (χ0v) is 17.4. The Balaban J connectivity index is 1.78. The Bertz CT molecular complexity index is 841. The molecule has 1 aliphatic heterocycles. The molecule has 3 aromatic rings. The number of hydrogen-bond acceptors (Lipinski definition) is 3. The van der Waals surface area contributed by atoms with Crippen molar-refractivity contribution in [3.05, 3.63) is 108 Å². The van der Waals surface area contributed by atoms with E-state index in [9.17, 15) is 4.79 Å². The van der Waals surface area contributed by atoms with Gasteiger partial charge in [-0.25, -0.2) is 0 Å². The van der Waals surface area contributed by atoms with Crippen molar-refractivity contribution in [1.29, 1.82) is 0 Å². The molecule has 1 saturated heterocycles. The minimum atomic E-state index is -0.782. The fraction of sp³-hybridized carbons (Fsp3) is 0.296. The summed E-state index contributed by atoms with van der Waals surface area (Å²) in [6, 6.07) is 30.9. The molecule has 0 radical (unpaired) electrons. The van der Waals surface area contributed by atoms with Crippen LogP contribution in [0.15, 0.2) is 91.0 Å². The lowest BCUT2D eigenvalue weighted by Gasteiger charge is -2.37. The minimum absolute atomic E-state index is 0.119. The van der Waals surface area contributed by atoms with Gasteiger partial charge in [0, 0.05) is 5.92 Å². The molecule has 0 unspecified atom stereocenters. The van der Waals surface area contributed by atoms with Crippen molar-refractivity contribution in [2.24, 2.45) is 5.92 Å². The first-order valence-corrected chi connectivity index (χ1v) is 10.7. The van der Waals surface area contributed by atoms with Gasteiger partial charge in [0.25, 0.3) is 0 Å². The summed E-state index contributed by atoms with van der Waals surface area (Å²) in [6.07, 6.45) is 2.26. The molecule has 1 heterocycles. The van der Waals surface area contributed by atoms with Crippen LogP contribution in [-0.4, -0.2) is 18.7 Å². The van der Waals surface area contributed by atoms with Crippen LogP contribution in [0.2, 0.25) is 0 Å². The Morgan fingerprint density at radius 1 is 0.833 bits per heavy atom. The number of esters is 1. The van der Waals surface area contributed by atoms with Crippen LogP contribution in [0.4, 0.5) is 0 Å². The van der Waals surface area contributed by atoms with E-state index in [1.807, 2.05) is 54.6 Å². The molecule has 0 bridgehead atoms. The van der Waals surface area contributed by atoms with E-state index in [0.717, 1.165) is 29.5 Å². The van der Waals surface area contributed by atoms with E-state index in [4.69, 9.17) is 9.47 Å². The summed E-state index contributed by atoms with van der Waals surface area (Å²) in [5.41, 5.74) is 2.38. The van der Waals surface area contributed by atoms with Crippen LogP contribution in [0.3, 0.4) is 0 Å². The second-order valence-electron chi connectivity index (χ2n) is 7.87. The Morgan fingerprint density at radius 3 is 1.73 bits per heavy atom. The molecule has 1 fully saturated rings. The predicted octanol–water partition coefficient (Wildman–Crippen LogP) is 5.73. The fourth-order valence-corrected chi connectivity index (χ4v) is 4.46. The molecule has 0 spiro atoms. The summed E-state index contributed by atoms with van der Waals surface area (Å²) < 4.78 is 12.5. The summed E-state index contributed by atoms with van der Waals surface area (Å²) in [4.78, 5) is 12.0. The Labute approximate surface area is 178 Å². The van der Waals surface area contributed by atoms with E-state index in [1.54, 1.807) is 0 Å². The predicted molar refractivity (Wildman–Crippen MR) is 118 cm³/mol. The molecule has 4 rings (SSSR count). The minimum Gasteiger partial charge on any atom is -0.460 e. The first kappa shape index (κ1) is 20.4. The van der Waals surface area contributed by atoms with Crippen molar-refractivity contribution in [2.45, 2.75) is 37.9 Å². The fourth-order valence-electron chi connectivity index (χ4n) is 4.46. The molecule has 3 aromatic carbocycles. The topological polar surface area (TPSA) is 35.5 Å². The van der Waals surface area contributed by atoms with Crippen molar-refractivity contribution < 1.29 is 14.3 Å². The maximum Gasteiger partial charge on any atom is 0.306 e. The van der Waals surface area contributed by atoms with Crippen molar-refractivity contribution in [3.8, 4) is 0 Å². The van der Waals surface area contributed by atoms with Crippen LogP contribution in [0.1, 0.15) is 42.9 Å². The lowest BCUT2D eigenvalue weighted by atomic mass is 9.80. The molecule has 0 N–H and O–H groups in total. The highest BCUT2D eigenvalue weighted by Crippen LogP contribution is 2.41. The largest absolute Gasteiger partial charge is 0.460 e. The highest BCUT2D eigenvalue weighted by atomic mass is 16.6. The molecule has 0 aliphatic carbocycles. The molecular formula is C27H28O3. The maximum absolute atomic E-state index is 12.0. The molecule has 3 heteroatoms. The zero-order valence-electron chi connectivity index (χ0n) is 17.4. The first-order valence-electron chi connectivity index (χ1n) is 10.7. The van der Waals surface area contributed by atoms with Gasteiger partial charge in [-0.2, -0.15) is 0 Å². The second kappa shape index (κ2) is 9.27. The van der Waals surface area contributed by atoms with Crippen LogP contribution < -0.4 is 0 Å². The van der Waals surface area contributed by atoms with Crippen molar-refractivity contribution in [1.82, 2.24) is 0 Å². The SMILES string of the molecule is CCC[C@H]1CC(=O)O[C@@H]1COC(c1ccccc1)(c1ccccc1)c1ccccc1. The highest BCUT2D eigenvalue weighted by molar-refractivity contribution is 5.72. The van der Waals surface area contributed by atoms with Gasteiger partial charge in [0.15, 0.2) is 0 Å². The normalized spacial score (nSPS) is 18.9. The molecule has 3 nitrogen and oxygen atoms in total. The number of hydrogen-bond donors (Lipinski definition) is 0. The van der Waals surface area contributed by atoms with E-state index >= 15 is 0 Å². The smallest absolute Gasteiger partial charge is 0.306 e. The summed E-state index contributed by atoms with van der Waals surface area (Å²) in [5, 5.41) is 0. The van der Waals surface area contributed by atoms with Crippen LogP contribution in [0, 0.1) is 5.92 Å². The Morgan fingerprint density at radius 2 is 1.30 bits per heavy atom. The number of carbonyl (C=O) groups excluding carboxylic acids is 1. The monoisotopic (exact) mass is 400 g/mol. The van der Waals surface area contributed by atoms with Gasteiger partial charge >= 0.3 is 5.97 Å². The quantitative estimate of drug-likeness (QED) is 0.358. The van der Waals surface area contributed by atoms with Gasteiger partial charge < -0.3 is 9.47 Å². The number of benzene rings is 3. The average molecular weight is 401 g/mol. The van der Waals surface area contributed by atoms with Gasteiger partial charge in [0.2, 0.25) is 0 Å². The lowest BCUT2D eigenvalue weighted by molar-refractivity contribution is -0.145. The molecule has 154 valence electrons. The first-order chi connectivity index (χ1) is 14.7. The molecule has 1 aliphatic rings. The summed E-state index contributed by atoms with van der Waals surface area (Å²) in [5.74, 6) is 0.0919. The maximum atomic E-state index is 12.0. The van der Waals surface area contributed by atoms with E-state index in [1.165, 1.54) is 0 Å². The van der Waals surface area contributed by atoms with Gasteiger partial charge in [-0.3, -0.25) is 4.79 Å². The van der Waals surface area contributed by atoms with Crippen LogP contribution in [0.5, 0.6) is 0 Å². The van der Waals surface area contributed by atoms with E-state index < -0.39 is 5.60 Å². The second-order valence-corrected chi connectivity index (χ2v) is 7.87. The highest BCUT2D eigenvalue weighted by Gasteiger charge is 2.41. The van der Waals surface area contributed by atoms with Gasteiger partial charge in [-0.1, -0.05) is 104 Å². The molecule has 0 saturated carbocycles. The molecule has 0 aromatic heterocycles. The van der Waals surface area contributed by atoms with Crippen molar-refractivity contribution in [2.75, 3.05) is 6.61 Å². The number of ether oxygens (including phenoxy) is 2. The summed E-state index contributed by atoms with van der Waals surface area (Å²) in [6.45, 7) is 2.50. The van der Waals surface area contributed by atoms with E-state index in [-0.39, 0.29) is 18.0 Å². The van der Waals surface area contributed by atoms with Crippen LogP contribution in [0.25, 0.3) is 0 Å². The van der Waals surface area contributed by atoms with Gasteiger partial charge in [-0.15, -0.1) is 0 Å². The van der Waals surface area contributed by atoms with Gasteiger partial charge in [-0.05, 0) is 23.1 Å². The number of carbonyl (C=O) groups is 1. The third-order valence-corrected chi connectivity index (χ3v) is 5.90. The Hall–Kier alpha value is -2.91. The van der Waals surface area contributed by atoms with E-state index in [2.05, 4.69) is 43.3 Å².